The molecule has 0 unspecified atom stereocenters. The largest absolute Gasteiger partial charge is 0.486 e. The van der Waals surface area contributed by atoms with Crippen LogP contribution < -0.4 is 4.74 Å². The highest BCUT2D eigenvalue weighted by molar-refractivity contribution is 7.71. The Labute approximate surface area is 159 Å². The Balaban J connectivity index is 1.70. The van der Waals surface area contributed by atoms with E-state index in [4.69, 9.17) is 33.0 Å². The maximum absolute atomic E-state index is 13.1. The van der Waals surface area contributed by atoms with Crippen molar-refractivity contribution in [1.82, 2.24) is 14.9 Å². The third-order valence-electron chi connectivity index (χ3n) is 3.16. The fourth-order valence-corrected chi connectivity index (χ4v) is 2.31. The van der Waals surface area contributed by atoms with Gasteiger partial charge in [-0.25, -0.2) is 9.49 Å². The molecule has 1 N–H and O–H groups in total. The number of benzene rings is 1. The molecular formula is C15H9ClF4N4O2S. The summed E-state index contributed by atoms with van der Waals surface area (Å²) < 4.78 is 62.4. The third kappa shape index (κ3) is 4.55. The van der Waals surface area contributed by atoms with Gasteiger partial charge in [-0.2, -0.15) is 22.9 Å². The predicted molar refractivity (Wildman–Crippen MR) is 89.9 cm³/mol. The number of furan rings is 1. The standard InChI is InChI=1S/C15H9ClF4N4O2S/c16-11-5-8(3-4-12(11)17)25-7-10-2-1-9(26-10)6-21-24-13(15(18,19)20)22-23-14(24)27/h1-6H,7H2,(H,23,27)/b21-6-. The average molecular weight is 421 g/mol. The van der Waals surface area contributed by atoms with Gasteiger partial charge in [0.15, 0.2) is 0 Å². The van der Waals surface area contributed by atoms with Gasteiger partial charge in [-0.1, -0.05) is 11.6 Å². The number of aromatic amines is 1. The number of aromatic nitrogens is 3. The van der Waals surface area contributed by atoms with Crippen molar-refractivity contribution in [3.05, 3.63) is 63.3 Å². The molecule has 0 atom stereocenters. The average Bonchev–Trinajstić information content (AvgIpc) is 3.20. The van der Waals surface area contributed by atoms with Crippen molar-refractivity contribution in [1.29, 1.82) is 0 Å². The Morgan fingerprint density at radius 2 is 2.11 bits per heavy atom. The molecule has 0 aliphatic heterocycles. The van der Waals surface area contributed by atoms with Crippen molar-refractivity contribution in [3.63, 3.8) is 0 Å². The van der Waals surface area contributed by atoms with Crippen LogP contribution in [-0.4, -0.2) is 21.1 Å². The van der Waals surface area contributed by atoms with E-state index in [1.54, 1.807) is 6.07 Å². The summed E-state index contributed by atoms with van der Waals surface area (Å²) in [5, 5.41) is 8.68. The van der Waals surface area contributed by atoms with Crippen LogP contribution in [0.2, 0.25) is 5.02 Å². The van der Waals surface area contributed by atoms with Gasteiger partial charge in [0.25, 0.3) is 5.82 Å². The van der Waals surface area contributed by atoms with Gasteiger partial charge in [0.05, 0.1) is 11.2 Å². The van der Waals surface area contributed by atoms with Crippen molar-refractivity contribution in [2.45, 2.75) is 12.8 Å². The van der Waals surface area contributed by atoms with Gasteiger partial charge in [-0.05, 0) is 36.5 Å². The van der Waals surface area contributed by atoms with Crippen LogP contribution in [0, 0.1) is 10.6 Å². The van der Waals surface area contributed by atoms with E-state index in [-0.39, 0.29) is 22.2 Å². The molecule has 0 saturated carbocycles. The first-order chi connectivity index (χ1) is 12.7. The summed E-state index contributed by atoms with van der Waals surface area (Å²) in [7, 11) is 0. The molecule has 0 bridgehead atoms. The number of halogens is 5. The minimum absolute atomic E-state index is 0.00522. The van der Waals surface area contributed by atoms with E-state index in [0.29, 0.717) is 16.2 Å². The Kier molecular flexibility index (Phi) is 5.33. The highest BCUT2D eigenvalue weighted by Crippen LogP contribution is 2.27. The minimum atomic E-state index is -4.72. The molecule has 0 amide bonds. The molecule has 0 spiro atoms. The predicted octanol–water partition coefficient (Wildman–Crippen LogP) is 4.81. The molecule has 3 aromatic rings. The van der Waals surface area contributed by atoms with E-state index >= 15 is 0 Å². The lowest BCUT2D eigenvalue weighted by molar-refractivity contribution is -0.147. The van der Waals surface area contributed by atoms with Crippen LogP contribution in [0.25, 0.3) is 0 Å². The maximum atomic E-state index is 13.1. The lowest BCUT2D eigenvalue weighted by atomic mass is 10.3. The van der Waals surface area contributed by atoms with Crippen LogP contribution in [0.1, 0.15) is 17.3 Å². The van der Waals surface area contributed by atoms with E-state index in [9.17, 15) is 17.6 Å². The number of ether oxygens (including phenoxy) is 1. The van der Waals surface area contributed by atoms with Crippen LogP contribution in [-0.2, 0) is 12.8 Å². The molecule has 0 radical (unpaired) electrons. The molecular weight excluding hydrogens is 412 g/mol. The van der Waals surface area contributed by atoms with E-state index in [2.05, 4.69) is 10.2 Å². The molecule has 12 heteroatoms. The molecule has 0 aliphatic carbocycles. The zero-order valence-corrected chi connectivity index (χ0v) is 14.7. The van der Waals surface area contributed by atoms with Crippen molar-refractivity contribution >= 4 is 30.0 Å². The lowest BCUT2D eigenvalue weighted by Crippen LogP contribution is -2.12. The topological polar surface area (TPSA) is 68.3 Å². The number of hydrogen-bond acceptors (Lipinski definition) is 5. The van der Waals surface area contributed by atoms with Crippen LogP contribution in [0.15, 0.2) is 39.9 Å². The van der Waals surface area contributed by atoms with Gasteiger partial charge in [0.1, 0.15) is 29.7 Å². The molecule has 0 aliphatic rings. The second-order valence-corrected chi connectivity index (χ2v) is 5.87. The molecule has 2 heterocycles. The molecule has 3 rings (SSSR count). The Morgan fingerprint density at radius 1 is 1.33 bits per heavy atom. The molecule has 0 saturated heterocycles. The minimum Gasteiger partial charge on any atom is -0.486 e. The monoisotopic (exact) mass is 420 g/mol. The number of alkyl halides is 3. The van der Waals surface area contributed by atoms with E-state index in [1.807, 2.05) is 5.10 Å². The summed E-state index contributed by atoms with van der Waals surface area (Å²) in [6, 6.07) is 6.89. The zero-order valence-electron chi connectivity index (χ0n) is 13.1. The first-order valence-corrected chi connectivity index (χ1v) is 7.98. The van der Waals surface area contributed by atoms with E-state index in [1.165, 1.54) is 18.2 Å². The van der Waals surface area contributed by atoms with Crippen molar-refractivity contribution < 1.29 is 26.7 Å². The molecule has 1 aromatic carbocycles. The van der Waals surface area contributed by atoms with Gasteiger partial charge in [0.2, 0.25) is 4.77 Å². The normalized spacial score (nSPS) is 12.0. The van der Waals surface area contributed by atoms with Gasteiger partial charge < -0.3 is 9.15 Å². The van der Waals surface area contributed by atoms with Crippen LogP contribution >= 0.6 is 23.8 Å². The highest BCUT2D eigenvalue weighted by atomic mass is 35.5. The lowest BCUT2D eigenvalue weighted by Gasteiger charge is -2.04. The zero-order chi connectivity index (χ0) is 19.6. The molecule has 2 aromatic heterocycles. The van der Waals surface area contributed by atoms with Gasteiger partial charge in [-0.15, -0.1) is 5.10 Å². The highest BCUT2D eigenvalue weighted by Gasteiger charge is 2.37. The summed E-state index contributed by atoms with van der Waals surface area (Å²) in [5.74, 6) is -0.998. The quantitative estimate of drug-likeness (QED) is 0.365. The molecule has 27 heavy (non-hydrogen) atoms. The Morgan fingerprint density at radius 3 is 2.81 bits per heavy atom. The third-order valence-corrected chi connectivity index (χ3v) is 3.71. The number of rotatable bonds is 5. The number of nitrogens with one attached hydrogen (secondary N) is 1. The van der Waals surface area contributed by atoms with Crippen molar-refractivity contribution in [2.75, 3.05) is 0 Å². The number of nitrogens with zero attached hydrogens (tertiary/aromatic N) is 3. The Hall–Kier alpha value is -2.66. The van der Waals surface area contributed by atoms with Gasteiger partial charge in [-0.3, -0.25) is 0 Å². The van der Waals surface area contributed by atoms with Crippen LogP contribution in [0.4, 0.5) is 17.6 Å². The van der Waals surface area contributed by atoms with Gasteiger partial charge in [0, 0.05) is 6.07 Å². The first kappa shape index (κ1) is 19.1. The summed E-state index contributed by atoms with van der Waals surface area (Å²) in [5.41, 5.74) is 0. The first-order valence-electron chi connectivity index (χ1n) is 7.19. The number of hydrogen-bond donors (Lipinski definition) is 1. The molecule has 6 nitrogen and oxygen atoms in total. The number of H-pyrrole nitrogens is 1. The van der Waals surface area contributed by atoms with Crippen molar-refractivity contribution in [3.8, 4) is 5.75 Å². The molecule has 0 fully saturated rings. The summed E-state index contributed by atoms with van der Waals surface area (Å²) in [6.07, 6.45) is -3.66. The Bertz CT molecular complexity index is 1040. The summed E-state index contributed by atoms with van der Waals surface area (Å²) >= 11 is 10.4. The maximum Gasteiger partial charge on any atom is 0.453 e. The summed E-state index contributed by atoms with van der Waals surface area (Å²) in [4.78, 5) is 0. The molecule has 142 valence electrons. The van der Waals surface area contributed by atoms with E-state index < -0.39 is 17.8 Å². The smallest absolute Gasteiger partial charge is 0.453 e. The fraction of sp³-hybridized carbons (Fsp3) is 0.133. The second-order valence-electron chi connectivity index (χ2n) is 5.08. The SMILES string of the molecule is Fc1ccc(OCc2ccc(/C=N\n3c(C(F)(F)F)n[nH]c3=S)o2)cc1Cl. The van der Waals surface area contributed by atoms with Crippen molar-refractivity contribution in [2.24, 2.45) is 5.10 Å². The second kappa shape index (κ2) is 7.53. The van der Waals surface area contributed by atoms with Crippen LogP contribution in [0.5, 0.6) is 5.75 Å². The van der Waals surface area contributed by atoms with Gasteiger partial charge >= 0.3 is 6.18 Å². The van der Waals surface area contributed by atoms with E-state index in [0.717, 1.165) is 12.3 Å². The fourth-order valence-electron chi connectivity index (χ4n) is 1.96. The summed E-state index contributed by atoms with van der Waals surface area (Å²) in [6.45, 7) is -0.00522. The van der Waals surface area contributed by atoms with Crippen LogP contribution in [0.3, 0.4) is 0 Å².